The average molecular weight is 338 g/mol. The molecule has 0 aliphatic carbocycles. The maximum absolute atomic E-state index is 13.8. The quantitative estimate of drug-likeness (QED) is 0.446. The Morgan fingerprint density at radius 2 is 1.41 bits per heavy atom. The van der Waals surface area contributed by atoms with E-state index in [1.54, 1.807) is 0 Å². The molecule has 0 aromatic heterocycles. The second-order valence-electron chi connectivity index (χ2n) is 5.52. The van der Waals surface area contributed by atoms with Crippen molar-refractivity contribution in [2.75, 3.05) is 0 Å². The molecule has 120 valence electrons. The Bertz CT molecular complexity index is 756. The van der Waals surface area contributed by atoms with Gasteiger partial charge in [0, 0.05) is 0 Å². The molecule has 2 aliphatic rings. The fourth-order valence-corrected chi connectivity index (χ4v) is 5.38. The van der Waals surface area contributed by atoms with Crippen LogP contribution in [0.3, 0.4) is 0 Å². The molecule has 3 rings (SSSR count). The number of allylic oxidation sites excluding steroid dienone is 1. The van der Waals surface area contributed by atoms with E-state index >= 15 is 0 Å². The third kappa shape index (κ3) is 2.07. The zero-order valence-corrected chi connectivity index (χ0v) is 12.0. The smallest absolute Gasteiger partial charge is 0.200 e. The molecule has 8 heteroatoms. The van der Waals surface area contributed by atoms with Crippen molar-refractivity contribution in [2.45, 2.75) is 36.2 Å². The van der Waals surface area contributed by atoms with Crippen LogP contribution in [0.2, 0.25) is 0 Å². The standard InChI is InChI=1S/C14H11F5O2S/c15-10-9(11(16)13(18)14(19)12(10)17)6-4-7-2-1-3-8(5-6)22(7,20)21/h4,7-8H,1-3,5H2. The lowest BCUT2D eigenvalue weighted by Gasteiger charge is -2.33. The number of sulfone groups is 1. The van der Waals surface area contributed by atoms with Gasteiger partial charge in [0.1, 0.15) is 0 Å². The molecule has 0 saturated carbocycles. The lowest BCUT2D eigenvalue weighted by atomic mass is 9.92. The first-order chi connectivity index (χ1) is 10.2. The Morgan fingerprint density at radius 3 is 1.95 bits per heavy atom. The largest absolute Gasteiger partial charge is 0.228 e. The van der Waals surface area contributed by atoms with Crippen LogP contribution >= 0.6 is 0 Å². The van der Waals surface area contributed by atoms with E-state index in [0.29, 0.717) is 12.8 Å². The summed E-state index contributed by atoms with van der Waals surface area (Å²) in [5, 5.41) is -1.76. The van der Waals surface area contributed by atoms with Gasteiger partial charge < -0.3 is 0 Å². The summed E-state index contributed by atoms with van der Waals surface area (Å²) in [7, 11) is -3.44. The van der Waals surface area contributed by atoms with Gasteiger partial charge in [0.25, 0.3) is 0 Å². The fraction of sp³-hybridized carbons (Fsp3) is 0.429. The van der Waals surface area contributed by atoms with E-state index in [1.165, 1.54) is 0 Å². The zero-order chi connectivity index (χ0) is 16.2. The van der Waals surface area contributed by atoms with Gasteiger partial charge in [-0.05, 0) is 24.8 Å². The van der Waals surface area contributed by atoms with Crippen molar-refractivity contribution < 1.29 is 30.4 Å². The Balaban J connectivity index is 2.20. The Morgan fingerprint density at radius 1 is 0.864 bits per heavy atom. The molecule has 0 spiro atoms. The number of halogens is 5. The molecular formula is C14H11F5O2S. The van der Waals surface area contributed by atoms with E-state index in [2.05, 4.69) is 0 Å². The highest BCUT2D eigenvalue weighted by Gasteiger charge is 2.42. The SMILES string of the molecule is O=S1(=O)C2C=C(c3c(F)c(F)c(F)c(F)c3F)CC1CCC2. The van der Waals surface area contributed by atoms with Crippen molar-refractivity contribution >= 4 is 15.4 Å². The summed E-state index contributed by atoms with van der Waals surface area (Å²) in [4.78, 5) is 0. The molecule has 0 N–H and O–H groups in total. The minimum absolute atomic E-state index is 0.127. The first kappa shape index (κ1) is 15.5. The highest BCUT2D eigenvalue weighted by Crippen LogP contribution is 2.41. The molecule has 1 fully saturated rings. The van der Waals surface area contributed by atoms with Crippen molar-refractivity contribution in [1.29, 1.82) is 0 Å². The molecule has 1 saturated heterocycles. The van der Waals surface area contributed by atoms with Crippen LogP contribution in [-0.2, 0) is 9.84 Å². The lowest BCUT2D eigenvalue weighted by Crippen LogP contribution is -2.38. The normalized spacial score (nSPS) is 26.7. The van der Waals surface area contributed by atoms with Crippen molar-refractivity contribution in [3.8, 4) is 0 Å². The van der Waals surface area contributed by atoms with Gasteiger partial charge in [-0.25, -0.2) is 30.4 Å². The molecule has 22 heavy (non-hydrogen) atoms. The second kappa shape index (κ2) is 5.04. The van der Waals surface area contributed by atoms with Gasteiger partial charge in [-0.15, -0.1) is 0 Å². The number of rotatable bonds is 1. The maximum Gasteiger partial charge on any atom is 0.200 e. The molecular weight excluding hydrogens is 327 g/mol. The first-order valence-electron chi connectivity index (χ1n) is 6.70. The summed E-state index contributed by atoms with van der Waals surface area (Å²) >= 11 is 0. The van der Waals surface area contributed by atoms with E-state index in [9.17, 15) is 30.4 Å². The van der Waals surface area contributed by atoms with Crippen LogP contribution in [0.1, 0.15) is 31.2 Å². The minimum Gasteiger partial charge on any atom is -0.228 e. The van der Waals surface area contributed by atoms with Gasteiger partial charge >= 0.3 is 0 Å². The molecule has 2 atom stereocenters. The number of benzene rings is 1. The van der Waals surface area contributed by atoms with Crippen LogP contribution in [0.15, 0.2) is 6.08 Å². The molecule has 2 aliphatic heterocycles. The van der Waals surface area contributed by atoms with Crippen molar-refractivity contribution in [3.05, 3.63) is 40.7 Å². The lowest BCUT2D eigenvalue weighted by molar-refractivity contribution is 0.375. The monoisotopic (exact) mass is 338 g/mol. The first-order valence-corrected chi connectivity index (χ1v) is 8.31. The summed E-state index contributed by atoms with van der Waals surface area (Å²) < 4.78 is 91.5. The average Bonchev–Trinajstić information content (AvgIpc) is 2.43. The third-order valence-electron chi connectivity index (χ3n) is 4.27. The fourth-order valence-electron chi connectivity index (χ4n) is 3.13. The Kier molecular flexibility index (Phi) is 3.54. The van der Waals surface area contributed by atoms with Gasteiger partial charge in [0.05, 0.1) is 16.1 Å². The van der Waals surface area contributed by atoms with Crippen LogP contribution in [0.5, 0.6) is 0 Å². The van der Waals surface area contributed by atoms with E-state index < -0.39 is 55.0 Å². The highest BCUT2D eigenvalue weighted by atomic mass is 32.2. The molecule has 2 heterocycles. The molecule has 1 aromatic rings. The predicted octanol–water partition coefficient (Wildman–Crippen LogP) is 3.51. The third-order valence-corrected chi connectivity index (χ3v) is 6.81. The highest BCUT2D eigenvalue weighted by molar-refractivity contribution is 7.93. The topological polar surface area (TPSA) is 34.1 Å². The zero-order valence-electron chi connectivity index (χ0n) is 11.2. The van der Waals surface area contributed by atoms with Crippen molar-refractivity contribution in [3.63, 3.8) is 0 Å². The summed E-state index contributed by atoms with van der Waals surface area (Å²) in [5.74, 6) is -10.1. The van der Waals surface area contributed by atoms with E-state index in [1.807, 2.05) is 0 Å². The predicted molar refractivity (Wildman–Crippen MR) is 69.2 cm³/mol. The van der Waals surface area contributed by atoms with Gasteiger partial charge in [-0.1, -0.05) is 12.5 Å². The second-order valence-corrected chi connectivity index (χ2v) is 7.97. The molecule has 2 nitrogen and oxygen atoms in total. The molecule has 1 aromatic carbocycles. The summed E-state index contributed by atoms with van der Waals surface area (Å²) in [6.45, 7) is 0. The van der Waals surface area contributed by atoms with Gasteiger partial charge in [-0.2, -0.15) is 0 Å². The van der Waals surface area contributed by atoms with Crippen LogP contribution in [0.25, 0.3) is 5.57 Å². The molecule has 2 bridgehead atoms. The number of hydrogen-bond donors (Lipinski definition) is 0. The maximum atomic E-state index is 13.8. The van der Waals surface area contributed by atoms with Crippen LogP contribution in [-0.4, -0.2) is 18.9 Å². The van der Waals surface area contributed by atoms with Gasteiger partial charge in [0.15, 0.2) is 33.1 Å². The summed E-state index contributed by atoms with van der Waals surface area (Å²) in [6, 6.07) is 0. The van der Waals surface area contributed by atoms with Crippen molar-refractivity contribution in [1.82, 2.24) is 0 Å². The summed E-state index contributed by atoms with van der Waals surface area (Å²) in [5.41, 5.74) is -1.14. The van der Waals surface area contributed by atoms with Gasteiger partial charge in [-0.3, -0.25) is 0 Å². The minimum atomic E-state index is -3.44. The van der Waals surface area contributed by atoms with Crippen LogP contribution in [0, 0.1) is 29.1 Å². The number of fused-ring (bicyclic) bond motifs is 2. The van der Waals surface area contributed by atoms with E-state index in [0.717, 1.165) is 6.08 Å². The summed E-state index contributed by atoms with van der Waals surface area (Å²) in [6.07, 6.45) is 2.15. The molecule has 0 amide bonds. The van der Waals surface area contributed by atoms with Crippen LogP contribution in [0.4, 0.5) is 22.0 Å². The Hall–Kier alpha value is -1.44. The number of hydrogen-bond acceptors (Lipinski definition) is 2. The molecule has 2 unspecified atom stereocenters. The van der Waals surface area contributed by atoms with E-state index in [-0.39, 0.29) is 18.4 Å². The van der Waals surface area contributed by atoms with E-state index in [4.69, 9.17) is 0 Å². The van der Waals surface area contributed by atoms with Crippen LogP contribution < -0.4 is 0 Å². The van der Waals surface area contributed by atoms with Gasteiger partial charge in [0.2, 0.25) is 5.82 Å². The Labute approximate surface area is 123 Å². The molecule has 0 radical (unpaired) electrons. The van der Waals surface area contributed by atoms with Crippen molar-refractivity contribution in [2.24, 2.45) is 0 Å².